The zero-order valence-electron chi connectivity index (χ0n) is 8.63. The number of hydrogen-bond donors (Lipinski definition) is 0. The predicted octanol–water partition coefficient (Wildman–Crippen LogP) is 1.79. The van der Waals surface area contributed by atoms with Crippen LogP contribution in [0.3, 0.4) is 0 Å². The average Bonchev–Trinajstić information content (AvgIpc) is 2.29. The van der Waals surface area contributed by atoms with Gasteiger partial charge in [0, 0.05) is 18.5 Å². The summed E-state index contributed by atoms with van der Waals surface area (Å²) in [4.78, 5) is 11.7. The third-order valence-electron chi connectivity index (χ3n) is 1.79. The van der Waals surface area contributed by atoms with Crippen molar-refractivity contribution in [1.29, 1.82) is 0 Å². The lowest BCUT2D eigenvalue weighted by Crippen LogP contribution is -2.20. The van der Waals surface area contributed by atoms with Crippen LogP contribution in [0.15, 0.2) is 40.5 Å². The van der Waals surface area contributed by atoms with Crippen LogP contribution in [-0.2, 0) is 0 Å². The summed E-state index contributed by atoms with van der Waals surface area (Å²) >= 11 is 0. The van der Waals surface area contributed by atoms with Gasteiger partial charge in [-0.15, -0.1) is 0 Å². The van der Waals surface area contributed by atoms with Crippen LogP contribution < -0.4 is 0 Å². The second-order valence-electron chi connectivity index (χ2n) is 2.83. The molecule has 0 aliphatic carbocycles. The predicted molar refractivity (Wildman–Crippen MR) is 61.2 cm³/mol. The molecule has 0 saturated carbocycles. The molecule has 1 aromatic rings. The molecule has 15 heavy (non-hydrogen) atoms. The van der Waals surface area contributed by atoms with E-state index in [9.17, 15) is 4.79 Å². The standard InChI is InChI=1S/C11H13N3O/c1-3-13-14(12-2)9-11(15)10-7-5-4-6-8-10/h3-8H,2,9H2,1H3/b13-3-. The van der Waals surface area contributed by atoms with Gasteiger partial charge < -0.3 is 0 Å². The lowest BCUT2D eigenvalue weighted by Gasteiger charge is -2.10. The topological polar surface area (TPSA) is 45.0 Å². The van der Waals surface area contributed by atoms with Crippen LogP contribution in [0, 0.1) is 0 Å². The SMILES string of the molecule is C=NN(CC(=O)c1ccccc1)/N=C\C. The molecular weight excluding hydrogens is 190 g/mol. The number of ketones is 1. The molecule has 0 atom stereocenters. The van der Waals surface area contributed by atoms with Crippen LogP contribution in [0.4, 0.5) is 0 Å². The Balaban J connectivity index is 2.67. The lowest BCUT2D eigenvalue weighted by atomic mass is 10.1. The monoisotopic (exact) mass is 203 g/mol. The first-order valence-electron chi connectivity index (χ1n) is 4.59. The van der Waals surface area contributed by atoms with Crippen LogP contribution in [0.25, 0.3) is 0 Å². The number of hydrazone groups is 2. The molecule has 4 heteroatoms. The summed E-state index contributed by atoms with van der Waals surface area (Å²) < 4.78 is 0. The van der Waals surface area contributed by atoms with Crippen LogP contribution in [0.5, 0.6) is 0 Å². The highest BCUT2D eigenvalue weighted by molar-refractivity contribution is 5.97. The van der Waals surface area contributed by atoms with Gasteiger partial charge in [0.2, 0.25) is 0 Å². The van der Waals surface area contributed by atoms with Gasteiger partial charge in [0.25, 0.3) is 0 Å². The van der Waals surface area contributed by atoms with E-state index in [4.69, 9.17) is 0 Å². The van der Waals surface area contributed by atoms with Crippen molar-refractivity contribution in [3.8, 4) is 0 Å². The Morgan fingerprint density at radius 3 is 2.67 bits per heavy atom. The molecule has 0 spiro atoms. The first-order chi connectivity index (χ1) is 7.27. The molecule has 0 aliphatic rings. The smallest absolute Gasteiger partial charge is 0.186 e. The molecule has 0 unspecified atom stereocenters. The van der Waals surface area contributed by atoms with Gasteiger partial charge in [-0.2, -0.15) is 15.3 Å². The first-order valence-corrected chi connectivity index (χ1v) is 4.59. The number of hydrogen-bond acceptors (Lipinski definition) is 4. The van der Waals surface area contributed by atoms with E-state index in [1.165, 1.54) is 5.12 Å². The van der Waals surface area contributed by atoms with Crippen LogP contribution in [0.1, 0.15) is 17.3 Å². The molecule has 0 radical (unpaired) electrons. The van der Waals surface area contributed by atoms with Crippen molar-refractivity contribution >= 4 is 18.7 Å². The third kappa shape index (κ3) is 3.34. The van der Waals surface area contributed by atoms with Crippen molar-refractivity contribution in [3.63, 3.8) is 0 Å². The number of benzene rings is 1. The van der Waals surface area contributed by atoms with Crippen molar-refractivity contribution in [2.75, 3.05) is 6.54 Å². The second-order valence-corrected chi connectivity index (χ2v) is 2.83. The molecule has 78 valence electrons. The van der Waals surface area contributed by atoms with Crippen molar-refractivity contribution in [1.82, 2.24) is 5.12 Å². The van der Waals surface area contributed by atoms with Crippen LogP contribution >= 0.6 is 0 Å². The summed E-state index contributed by atoms with van der Waals surface area (Å²) in [5.74, 6) is -0.0337. The molecule has 0 bridgehead atoms. The summed E-state index contributed by atoms with van der Waals surface area (Å²) in [6, 6.07) is 9.03. The Bertz CT molecular complexity index is 359. The van der Waals surface area contributed by atoms with E-state index >= 15 is 0 Å². The van der Waals surface area contributed by atoms with Crippen LogP contribution in [0.2, 0.25) is 0 Å². The number of Topliss-reactive ketones (excluding diaryl/α,β-unsaturated/α-hetero) is 1. The molecule has 0 saturated heterocycles. The minimum Gasteiger partial charge on any atom is -0.292 e. The minimum absolute atomic E-state index is 0.0337. The Hall–Kier alpha value is -1.97. The molecule has 1 rings (SSSR count). The van der Waals surface area contributed by atoms with Crippen molar-refractivity contribution in [2.45, 2.75) is 6.92 Å². The van der Waals surface area contributed by atoms with Gasteiger partial charge in [-0.3, -0.25) is 4.79 Å². The lowest BCUT2D eigenvalue weighted by molar-refractivity contribution is 0.0937. The van der Waals surface area contributed by atoms with Crippen molar-refractivity contribution in [2.24, 2.45) is 10.2 Å². The maximum atomic E-state index is 11.7. The Morgan fingerprint density at radius 2 is 2.13 bits per heavy atom. The van der Waals surface area contributed by atoms with Crippen molar-refractivity contribution < 1.29 is 4.79 Å². The van der Waals surface area contributed by atoms with Gasteiger partial charge in [0.1, 0.15) is 6.54 Å². The highest BCUT2D eigenvalue weighted by Gasteiger charge is 2.08. The Morgan fingerprint density at radius 1 is 1.47 bits per heavy atom. The molecule has 0 N–H and O–H groups in total. The van der Waals surface area contributed by atoms with E-state index in [0.717, 1.165) is 0 Å². The van der Waals surface area contributed by atoms with Crippen molar-refractivity contribution in [3.05, 3.63) is 35.9 Å². The largest absolute Gasteiger partial charge is 0.292 e. The van der Waals surface area contributed by atoms with Gasteiger partial charge in [0.05, 0.1) is 0 Å². The van der Waals surface area contributed by atoms with E-state index in [1.807, 2.05) is 18.2 Å². The van der Waals surface area contributed by atoms with Gasteiger partial charge in [-0.25, -0.2) is 0 Å². The summed E-state index contributed by atoms with van der Waals surface area (Å²) in [6.45, 7) is 5.20. The summed E-state index contributed by atoms with van der Waals surface area (Å²) in [6.07, 6.45) is 1.56. The quantitative estimate of drug-likeness (QED) is 0.416. The molecular formula is C11H13N3O. The zero-order valence-corrected chi connectivity index (χ0v) is 8.63. The maximum Gasteiger partial charge on any atom is 0.186 e. The van der Waals surface area contributed by atoms with Gasteiger partial charge >= 0.3 is 0 Å². The number of carbonyl (C=O) groups is 1. The molecule has 0 fully saturated rings. The molecule has 0 aromatic heterocycles. The molecule has 0 aliphatic heterocycles. The van der Waals surface area contributed by atoms with E-state index < -0.39 is 0 Å². The highest BCUT2D eigenvalue weighted by atomic mass is 16.1. The first kappa shape index (κ1) is 11.1. The summed E-state index contributed by atoms with van der Waals surface area (Å²) in [7, 11) is 0. The van der Waals surface area contributed by atoms with Gasteiger partial charge in [0.15, 0.2) is 5.78 Å². The molecule has 4 nitrogen and oxygen atoms in total. The molecule has 0 amide bonds. The van der Waals surface area contributed by atoms with Gasteiger partial charge in [-0.05, 0) is 6.92 Å². The number of carbonyl (C=O) groups excluding carboxylic acids is 1. The Kier molecular flexibility index (Phi) is 4.22. The fourth-order valence-electron chi connectivity index (χ4n) is 1.10. The van der Waals surface area contributed by atoms with E-state index in [0.29, 0.717) is 5.56 Å². The average molecular weight is 203 g/mol. The summed E-state index contributed by atoms with van der Waals surface area (Å²) in [5, 5.41) is 8.73. The summed E-state index contributed by atoms with van der Waals surface area (Å²) in [5.41, 5.74) is 0.650. The normalized spacial score (nSPS) is 10.2. The zero-order chi connectivity index (χ0) is 11.1. The van der Waals surface area contributed by atoms with E-state index in [1.54, 1.807) is 25.3 Å². The van der Waals surface area contributed by atoms with E-state index in [2.05, 4.69) is 16.9 Å². The maximum absolute atomic E-state index is 11.7. The minimum atomic E-state index is -0.0337. The van der Waals surface area contributed by atoms with Crippen LogP contribution in [-0.4, -0.2) is 30.4 Å². The fourth-order valence-corrected chi connectivity index (χ4v) is 1.10. The fraction of sp³-hybridized carbons (Fsp3) is 0.182. The van der Waals surface area contributed by atoms with E-state index in [-0.39, 0.29) is 12.3 Å². The number of rotatable bonds is 5. The van der Waals surface area contributed by atoms with Gasteiger partial charge in [-0.1, -0.05) is 30.3 Å². The molecule has 1 aromatic carbocycles. The Labute approximate surface area is 88.9 Å². The highest BCUT2D eigenvalue weighted by Crippen LogP contribution is 2.02. The molecule has 0 heterocycles. The number of nitrogens with zero attached hydrogens (tertiary/aromatic N) is 3. The third-order valence-corrected chi connectivity index (χ3v) is 1.79. The second kappa shape index (κ2) is 5.70.